The molecule has 0 fully saturated rings. The molecule has 0 aliphatic rings. The largest absolute Gasteiger partial charge is 0.459 e. The van der Waals surface area contributed by atoms with Crippen LogP contribution in [0.15, 0.2) is 34.8 Å². The molecule has 0 atom stereocenters. The lowest BCUT2D eigenvalue weighted by molar-refractivity contribution is -0.143. The number of hydrogen-bond acceptors (Lipinski definition) is 4. The molecule has 2 aromatic rings. The standard InChI is InChI=1S/C15H13BrFNO3S/c1-9-2-5-13(22-9)15(20)18-7-14(19)21-8-10-3-4-11(17)6-12(10)16/h2-6H,7-8H2,1H3,(H,18,20). The summed E-state index contributed by atoms with van der Waals surface area (Å²) in [5.41, 5.74) is 0.648. The molecule has 0 radical (unpaired) electrons. The van der Waals surface area contributed by atoms with E-state index in [-0.39, 0.29) is 24.9 Å². The first kappa shape index (κ1) is 16.6. The average Bonchev–Trinajstić information content (AvgIpc) is 2.90. The van der Waals surface area contributed by atoms with Crippen molar-refractivity contribution in [3.63, 3.8) is 0 Å². The number of rotatable bonds is 5. The number of esters is 1. The third-order valence-electron chi connectivity index (χ3n) is 2.76. The first-order valence-corrected chi connectivity index (χ1v) is 8.01. The molecular formula is C15H13BrFNO3S. The van der Waals surface area contributed by atoms with Crippen molar-refractivity contribution >= 4 is 39.1 Å². The molecule has 2 rings (SSSR count). The topological polar surface area (TPSA) is 55.4 Å². The smallest absolute Gasteiger partial charge is 0.325 e. The van der Waals surface area contributed by atoms with Crippen LogP contribution in [0.5, 0.6) is 0 Å². The van der Waals surface area contributed by atoms with Crippen molar-refractivity contribution in [3.8, 4) is 0 Å². The molecule has 22 heavy (non-hydrogen) atoms. The van der Waals surface area contributed by atoms with E-state index in [0.717, 1.165) is 4.88 Å². The molecule has 1 heterocycles. The van der Waals surface area contributed by atoms with Crippen LogP contribution in [0.25, 0.3) is 0 Å². The Morgan fingerprint density at radius 3 is 2.73 bits per heavy atom. The lowest BCUT2D eigenvalue weighted by Gasteiger charge is -2.07. The van der Waals surface area contributed by atoms with Crippen LogP contribution >= 0.6 is 27.3 Å². The van der Waals surface area contributed by atoms with Gasteiger partial charge in [-0.2, -0.15) is 0 Å². The Balaban J connectivity index is 1.79. The van der Waals surface area contributed by atoms with Crippen LogP contribution in [0.1, 0.15) is 20.1 Å². The van der Waals surface area contributed by atoms with Crippen LogP contribution < -0.4 is 5.32 Å². The van der Waals surface area contributed by atoms with Crippen molar-refractivity contribution in [1.82, 2.24) is 5.32 Å². The zero-order valence-electron chi connectivity index (χ0n) is 11.7. The van der Waals surface area contributed by atoms with Crippen molar-refractivity contribution in [1.29, 1.82) is 0 Å². The normalized spacial score (nSPS) is 10.3. The highest BCUT2D eigenvalue weighted by molar-refractivity contribution is 9.10. The fourth-order valence-electron chi connectivity index (χ4n) is 1.64. The van der Waals surface area contributed by atoms with E-state index in [9.17, 15) is 14.0 Å². The van der Waals surface area contributed by atoms with Gasteiger partial charge in [-0.15, -0.1) is 11.3 Å². The van der Waals surface area contributed by atoms with Crippen molar-refractivity contribution in [2.24, 2.45) is 0 Å². The third-order valence-corrected chi connectivity index (χ3v) is 4.50. The van der Waals surface area contributed by atoms with Crippen LogP contribution in [0.4, 0.5) is 4.39 Å². The first-order chi connectivity index (χ1) is 10.5. The maximum absolute atomic E-state index is 12.9. The highest BCUT2D eigenvalue weighted by atomic mass is 79.9. The lowest BCUT2D eigenvalue weighted by Crippen LogP contribution is -2.30. The molecule has 0 aliphatic carbocycles. The van der Waals surface area contributed by atoms with Crippen LogP contribution in [0.2, 0.25) is 0 Å². The third kappa shape index (κ3) is 4.64. The summed E-state index contributed by atoms with van der Waals surface area (Å²) in [6.45, 7) is 1.69. The summed E-state index contributed by atoms with van der Waals surface area (Å²) in [7, 11) is 0. The molecule has 0 saturated heterocycles. The minimum atomic E-state index is -0.558. The Kier molecular flexibility index (Phi) is 5.68. The number of carbonyl (C=O) groups is 2. The molecule has 0 bridgehead atoms. The van der Waals surface area contributed by atoms with Crippen LogP contribution in [-0.4, -0.2) is 18.4 Å². The molecule has 0 unspecified atom stereocenters. The predicted octanol–water partition coefficient (Wildman–Crippen LogP) is 3.43. The van der Waals surface area contributed by atoms with Gasteiger partial charge < -0.3 is 10.1 Å². The predicted molar refractivity (Wildman–Crippen MR) is 85.3 cm³/mol. The molecule has 0 saturated carbocycles. The molecule has 0 spiro atoms. The maximum atomic E-state index is 12.9. The highest BCUT2D eigenvalue weighted by Crippen LogP contribution is 2.19. The van der Waals surface area contributed by atoms with E-state index in [1.807, 2.05) is 13.0 Å². The first-order valence-electron chi connectivity index (χ1n) is 6.40. The second kappa shape index (κ2) is 7.51. The fourth-order valence-corrected chi connectivity index (χ4v) is 2.89. The van der Waals surface area contributed by atoms with Gasteiger partial charge in [0.25, 0.3) is 5.91 Å². The monoisotopic (exact) mass is 385 g/mol. The van der Waals surface area contributed by atoms with E-state index in [2.05, 4.69) is 21.2 Å². The number of ether oxygens (including phenoxy) is 1. The van der Waals surface area contributed by atoms with Crippen LogP contribution in [0, 0.1) is 12.7 Å². The highest BCUT2D eigenvalue weighted by Gasteiger charge is 2.11. The van der Waals surface area contributed by atoms with E-state index in [1.165, 1.54) is 29.5 Å². The molecule has 1 aromatic carbocycles. The van der Waals surface area contributed by atoms with Crippen molar-refractivity contribution in [2.45, 2.75) is 13.5 Å². The number of halogens is 2. The molecule has 1 N–H and O–H groups in total. The van der Waals surface area contributed by atoms with Gasteiger partial charge in [-0.05, 0) is 31.2 Å². The molecule has 0 aliphatic heterocycles. The number of aryl methyl sites for hydroxylation is 1. The van der Waals surface area contributed by atoms with E-state index in [4.69, 9.17) is 4.74 Å². The van der Waals surface area contributed by atoms with Gasteiger partial charge in [-0.25, -0.2) is 4.39 Å². The summed E-state index contributed by atoms with van der Waals surface area (Å²) >= 11 is 4.55. The van der Waals surface area contributed by atoms with Gasteiger partial charge in [0, 0.05) is 14.9 Å². The zero-order chi connectivity index (χ0) is 16.1. The molecule has 7 heteroatoms. The molecule has 1 aromatic heterocycles. The molecular weight excluding hydrogens is 373 g/mol. The van der Waals surface area contributed by atoms with Gasteiger partial charge in [0.15, 0.2) is 0 Å². The number of hydrogen-bond donors (Lipinski definition) is 1. The Bertz CT molecular complexity index is 702. The molecule has 1 amide bonds. The Morgan fingerprint density at radius 2 is 2.09 bits per heavy atom. The SMILES string of the molecule is Cc1ccc(C(=O)NCC(=O)OCc2ccc(F)cc2Br)s1. The van der Waals surface area contributed by atoms with E-state index >= 15 is 0 Å². The van der Waals surface area contributed by atoms with Crippen LogP contribution in [0.3, 0.4) is 0 Å². The molecule has 116 valence electrons. The van der Waals surface area contributed by atoms with E-state index in [1.54, 1.807) is 6.07 Å². The quantitative estimate of drug-likeness (QED) is 0.802. The number of benzene rings is 1. The van der Waals surface area contributed by atoms with E-state index in [0.29, 0.717) is 14.9 Å². The second-order valence-corrected chi connectivity index (χ2v) is 6.63. The minimum absolute atomic E-state index is 0.00762. The minimum Gasteiger partial charge on any atom is -0.459 e. The summed E-state index contributed by atoms with van der Waals surface area (Å²) < 4.78 is 18.5. The summed E-state index contributed by atoms with van der Waals surface area (Å²) in [6, 6.07) is 7.65. The second-order valence-electron chi connectivity index (χ2n) is 4.49. The van der Waals surface area contributed by atoms with Gasteiger partial charge in [-0.1, -0.05) is 22.0 Å². The summed E-state index contributed by atoms with van der Waals surface area (Å²) in [5, 5.41) is 2.50. The summed E-state index contributed by atoms with van der Waals surface area (Å²) in [6.07, 6.45) is 0. The maximum Gasteiger partial charge on any atom is 0.325 e. The van der Waals surface area contributed by atoms with Crippen LogP contribution in [-0.2, 0) is 16.1 Å². The number of amides is 1. The van der Waals surface area contributed by atoms with Crippen molar-refractivity contribution in [2.75, 3.05) is 6.54 Å². The Morgan fingerprint density at radius 1 is 1.32 bits per heavy atom. The van der Waals surface area contributed by atoms with Gasteiger partial charge in [-0.3, -0.25) is 9.59 Å². The van der Waals surface area contributed by atoms with Gasteiger partial charge in [0.2, 0.25) is 0 Å². The fraction of sp³-hybridized carbons (Fsp3) is 0.200. The van der Waals surface area contributed by atoms with Gasteiger partial charge in [0.1, 0.15) is 19.0 Å². The molecule has 4 nitrogen and oxygen atoms in total. The number of nitrogens with one attached hydrogen (secondary N) is 1. The lowest BCUT2D eigenvalue weighted by atomic mass is 10.2. The average molecular weight is 386 g/mol. The Hall–Kier alpha value is -1.73. The number of carbonyl (C=O) groups excluding carboxylic acids is 2. The summed E-state index contributed by atoms with van der Waals surface area (Å²) in [4.78, 5) is 25.0. The number of thiophene rings is 1. The van der Waals surface area contributed by atoms with E-state index < -0.39 is 5.97 Å². The van der Waals surface area contributed by atoms with Gasteiger partial charge >= 0.3 is 5.97 Å². The Labute approximate surface area is 139 Å². The van der Waals surface area contributed by atoms with Crippen molar-refractivity contribution < 1.29 is 18.7 Å². The van der Waals surface area contributed by atoms with Gasteiger partial charge in [0.05, 0.1) is 4.88 Å². The zero-order valence-corrected chi connectivity index (χ0v) is 14.1. The van der Waals surface area contributed by atoms with Crippen molar-refractivity contribution in [3.05, 3.63) is 55.9 Å². The summed E-state index contributed by atoms with van der Waals surface area (Å²) in [5.74, 6) is -1.24.